The molecule has 1 aromatic carbocycles. The molecule has 0 aliphatic carbocycles. The van der Waals surface area contributed by atoms with E-state index < -0.39 is 0 Å². The van der Waals surface area contributed by atoms with Crippen molar-refractivity contribution in [1.82, 2.24) is 34.8 Å². The predicted octanol–water partition coefficient (Wildman–Crippen LogP) is 2.13. The van der Waals surface area contributed by atoms with Crippen LogP contribution < -0.4 is 0 Å². The molecule has 3 heterocycles. The van der Waals surface area contributed by atoms with Gasteiger partial charge in [0.2, 0.25) is 0 Å². The molecular formula is C20H27N7O. The van der Waals surface area contributed by atoms with Gasteiger partial charge in [0, 0.05) is 43.5 Å². The van der Waals surface area contributed by atoms with Crippen LogP contribution >= 0.6 is 0 Å². The van der Waals surface area contributed by atoms with Gasteiger partial charge < -0.3 is 14.4 Å². The first-order valence-corrected chi connectivity index (χ1v) is 9.87. The van der Waals surface area contributed by atoms with E-state index in [1.54, 1.807) is 0 Å². The maximum atomic E-state index is 13.0. The quantitative estimate of drug-likeness (QED) is 0.707. The molecule has 8 nitrogen and oxygen atoms in total. The van der Waals surface area contributed by atoms with E-state index in [9.17, 15) is 4.79 Å². The Balaban J connectivity index is 1.45. The normalized spacial score (nSPS) is 17.5. The first kappa shape index (κ1) is 18.6. The Bertz CT molecular complexity index is 945. The summed E-state index contributed by atoms with van der Waals surface area (Å²) >= 11 is 0. The van der Waals surface area contributed by atoms with Crippen LogP contribution in [0.15, 0.2) is 30.6 Å². The summed E-state index contributed by atoms with van der Waals surface area (Å²) in [4.78, 5) is 21.8. The molecule has 1 atom stereocenters. The smallest absolute Gasteiger partial charge is 0.253 e. The molecule has 148 valence electrons. The van der Waals surface area contributed by atoms with E-state index in [4.69, 9.17) is 0 Å². The van der Waals surface area contributed by atoms with Gasteiger partial charge >= 0.3 is 0 Å². The van der Waals surface area contributed by atoms with E-state index in [0.717, 1.165) is 55.8 Å². The lowest BCUT2D eigenvalue weighted by Crippen LogP contribution is -2.39. The van der Waals surface area contributed by atoms with E-state index in [2.05, 4.69) is 50.2 Å². The Hall–Kier alpha value is -2.74. The number of nitrogens with one attached hydrogen (secondary N) is 1. The zero-order chi connectivity index (χ0) is 19.5. The minimum absolute atomic E-state index is 0.0558. The molecule has 1 aliphatic heterocycles. The number of carbonyl (C=O) groups excluding carboxylic acids is 1. The Morgan fingerprint density at radius 1 is 1.29 bits per heavy atom. The van der Waals surface area contributed by atoms with E-state index in [1.807, 2.05) is 29.3 Å². The summed E-state index contributed by atoms with van der Waals surface area (Å²) in [5.41, 5.74) is 2.15. The fraction of sp³-hybridized carbons (Fsp3) is 0.500. The number of imidazole rings is 1. The van der Waals surface area contributed by atoms with Crippen molar-refractivity contribution in [3.05, 3.63) is 42.0 Å². The SMILES string of the molecule is CN(C)CCCn1ccnc1C1CCCN(C(=O)c2ccc3n[nH]nc3c2)C1. The Morgan fingerprint density at radius 3 is 3.00 bits per heavy atom. The van der Waals surface area contributed by atoms with Crippen molar-refractivity contribution < 1.29 is 4.79 Å². The fourth-order valence-electron chi connectivity index (χ4n) is 3.96. The van der Waals surface area contributed by atoms with Crippen LogP contribution in [0.25, 0.3) is 11.0 Å². The van der Waals surface area contributed by atoms with Crippen molar-refractivity contribution in [2.75, 3.05) is 33.7 Å². The highest BCUT2D eigenvalue weighted by molar-refractivity contribution is 5.97. The lowest BCUT2D eigenvalue weighted by molar-refractivity contribution is 0.0703. The number of aryl methyl sites for hydroxylation is 1. The van der Waals surface area contributed by atoms with Crippen molar-refractivity contribution in [2.24, 2.45) is 0 Å². The number of amides is 1. The third kappa shape index (κ3) is 3.91. The maximum Gasteiger partial charge on any atom is 0.253 e. The van der Waals surface area contributed by atoms with Crippen LogP contribution in [0.3, 0.4) is 0 Å². The third-order valence-corrected chi connectivity index (χ3v) is 5.39. The molecule has 2 aromatic heterocycles. The van der Waals surface area contributed by atoms with Crippen LogP contribution in [0.4, 0.5) is 0 Å². The van der Waals surface area contributed by atoms with E-state index in [0.29, 0.717) is 12.1 Å². The van der Waals surface area contributed by atoms with Gasteiger partial charge in [-0.15, -0.1) is 0 Å². The summed E-state index contributed by atoms with van der Waals surface area (Å²) < 4.78 is 2.25. The van der Waals surface area contributed by atoms with Crippen molar-refractivity contribution >= 4 is 16.9 Å². The average molecular weight is 381 g/mol. The van der Waals surface area contributed by atoms with Crippen molar-refractivity contribution in [2.45, 2.75) is 31.7 Å². The second-order valence-electron chi connectivity index (χ2n) is 7.75. The Morgan fingerprint density at radius 2 is 2.14 bits per heavy atom. The summed E-state index contributed by atoms with van der Waals surface area (Å²) in [6, 6.07) is 5.48. The number of aromatic amines is 1. The molecule has 0 spiro atoms. The number of fused-ring (bicyclic) bond motifs is 1. The standard InChI is InChI=1S/C20H27N7O/c1-25(2)9-4-11-26-12-8-21-19(26)16-5-3-10-27(14-16)20(28)15-6-7-17-18(13-15)23-24-22-17/h6-8,12-13,16H,3-5,9-11,14H2,1-2H3,(H,22,23,24). The van der Waals surface area contributed by atoms with E-state index >= 15 is 0 Å². The minimum atomic E-state index is 0.0558. The fourth-order valence-corrected chi connectivity index (χ4v) is 3.96. The summed E-state index contributed by atoms with van der Waals surface area (Å²) in [6.45, 7) is 3.51. The predicted molar refractivity (Wildman–Crippen MR) is 107 cm³/mol. The van der Waals surface area contributed by atoms with E-state index in [-0.39, 0.29) is 11.8 Å². The van der Waals surface area contributed by atoms with Crippen LogP contribution in [-0.4, -0.2) is 74.4 Å². The number of hydrogen-bond acceptors (Lipinski definition) is 5. The number of nitrogens with zero attached hydrogens (tertiary/aromatic N) is 6. The first-order chi connectivity index (χ1) is 13.6. The lowest BCUT2D eigenvalue weighted by atomic mass is 9.96. The zero-order valence-electron chi connectivity index (χ0n) is 16.5. The molecule has 0 bridgehead atoms. The number of carbonyl (C=O) groups is 1. The van der Waals surface area contributed by atoms with Crippen LogP contribution in [0, 0.1) is 0 Å². The van der Waals surface area contributed by atoms with Gasteiger partial charge in [0.05, 0.1) is 0 Å². The molecule has 1 unspecified atom stereocenters. The molecule has 0 saturated carbocycles. The summed E-state index contributed by atoms with van der Waals surface area (Å²) in [5.74, 6) is 1.44. The van der Waals surface area contributed by atoms with Gasteiger partial charge in [-0.2, -0.15) is 15.4 Å². The lowest BCUT2D eigenvalue weighted by Gasteiger charge is -2.33. The second kappa shape index (κ2) is 8.10. The maximum absolute atomic E-state index is 13.0. The minimum Gasteiger partial charge on any atom is -0.338 e. The van der Waals surface area contributed by atoms with Gasteiger partial charge in [-0.3, -0.25) is 4.79 Å². The number of piperidine rings is 1. The van der Waals surface area contributed by atoms with Gasteiger partial charge in [0.25, 0.3) is 5.91 Å². The number of rotatable bonds is 6. The van der Waals surface area contributed by atoms with Crippen molar-refractivity contribution in [3.8, 4) is 0 Å². The highest BCUT2D eigenvalue weighted by Crippen LogP contribution is 2.27. The molecule has 1 saturated heterocycles. The summed E-state index contributed by atoms with van der Waals surface area (Å²) in [7, 11) is 4.19. The number of aromatic nitrogens is 5. The van der Waals surface area contributed by atoms with Gasteiger partial charge in [-0.25, -0.2) is 4.98 Å². The van der Waals surface area contributed by atoms with Crippen molar-refractivity contribution in [1.29, 1.82) is 0 Å². The highest BCUT2D eigenvalue weighted by atomic mass is 16.2. The number of hydrogen-bond donors (Lipinski definition) is 1. The number of benzene rings is 1. The van der Waals surface area contributed by atoms with Crippen LogP contribution in [-0.2, 0) is 6.54 Å². The molecule has 1 aliphatic rings. The Labute approximate surface area is 164 Å². The van der Waals surface area contributed by atoms with Gasteiger partial charge in [0.15, 0.2) is 0 Å². The highest BCUT2D eigenvalue weighted by Gasteiger charge is 2.28. The molecule has 0 radical (unpaired) electrons. The van der Waals surface area contributed by atoms with Crippen LogP contribution in [0.1, 0.15) is 41.4 Å². The zero-order valence-corrected chi connectivity index (χ0v) is 16.5. The molecular weight excluding hydrogens is 354 g/mol. The molecule has 4 rings (SSSR count). The number of H-pyrrole nitrogens is 1. The van der Waals surface area contributed by atoms with Crippen molar-refractivity contribution in [3.63, 3.8) is 0 Å². The van der Waals surface area contributed by atoms with Crippen LogP contribution in [0.2, 0.25) is 0 Å². The van der Waals surface area contributed by atoms with Gasteiger partial charge in [0.1, 0.15) is 16.9 Å². The third-order valence-electron chi connectivity index (χ3n) is 5.39. The summed E-state index contributed by atoms with van der Waals surface area (Å²) in [6.07, 6.45) is 7.09. The molecule has 3 aromatic rings. The first-order valence-electron chi connectivity index (χ1n) is 9.87. The molecule has 8 heteroatoms. The Kier molecular flexibility index (Phi) is 5.38. The van der Waals surface area contributed by atoms with Gasteiger partial charge in [-0.05, 0) is 58.1 Å². The van der Waals surface area contributed by atoms with Gasteiger partial charge in [-0.1, -0.05) is 0 Å². The molecule has 1 amide bonds. The topological polar surface area (TPSA) is 82.9 Å². The monoisotopic (exact) mass is 381 g/mol. The average Bonchev–Trinajstić information content (AvgIpc) is 3.36. The largest absolute Gasteiger partial charge is 0.338 e. The number of likely N-dealkylation sites (tertiary alicyclic amines) is 1. The summed E-state index contributed by atoms with van der Waals surface area (Å²) in [5, 5.41) is 10.7. The second-order valence-corrected chi connectivity index (χ2v) is 7.75. The molecule has 1 N–H and O–H groups in total. The van der Waals surface area contributed by atoms with Crippen LogP contribution in [0.5, 0.6) is 0 Å². The molecule has 28 heavy (non-hydrogen) atoms. The van der Waals surface area contributed by atoms with E-state index in [1.165, 1.54) is 0 Å². The molecule has 1 fully saturated rings.